The summed E-state index contributed by atoms with van der Waals surface area (Å²) in [6.07, 6.45) is 1.22. The number of halogens is 3. The summed E-state index contributed by atoms with van der Waals surface area (Å²) in [7, 11) is 0. The lowest BCUT2D eigenvalue weighted by Gasteiger charge is -2.12. The molecule has 10 nitrogen and oxygen atoms in total. The Kier molecular flexibility index (Phi) is 4.91. The quantitative estimate of drug-likeness (QED) is 0.145. The number of fused-ring (bicyclic) bond motifs is 1. The van der Waals surface area contributed by atoms with Crippen LogP contribution in [0.15, 0.2) is 46.9 Å². The van der Waals surface area contributed by atoms with Gasteiger partial charge >= 0.3 is 0 Å². The number of nitrogens with two attached hydrogens (primary N) is 2. The zero-order valence-corrected chi connectivity index (χ0v) is 15.5. The number of nitrogens with one attached hydrogen (secondary N) is 3. The van der Waals surface area contributed by atoms with Crippen molar-refractivity contribution >= 4 is 34.3 Å². The van der Waals surface area contributed by atoms with Crippen LogP contribution in [-0.2, 0) is 0 Å². The molecule has 0 saturated carbocycles. The van der Waals surface area contributed by atoms with Gasteiger partial charge in [0.05, 0.1) is 28.6 Å². The molecule has 0 aliphatic rings. The van der Waals surface area contributed by atoms with Gasteiger partial charge in [0.1, 0.15) is 5.82 Å². The van der Waals surface area contributed by atoms with Crippen LogP contribution in [0.4, 0.5) is 30.6 Å². The number of H-pyrrole nitrogens is 1. The van der Waals surface area contributed by atoms with E-state index in [4.69, 9.17) is 17.0 Å². The maximum absolute atomic E-state index is 14.7. The van der Waals surface area contributed by atoms with Gasteiger partial charge in [-0.15, -0.1) is 5.10 Å². The molecule has 0 atom stereocenters. The zero-order chi connectivity index (χ0) is 22.1. The molecule has 31 heavy (non-hydrogen) atoms. The Hall–Kier alpha value is -4.55. The van der Waals surface area contributed by atoms with Gasteiger partial charge in [0.2, 0.25) is 0 Å². The van der Waals surface area contributed by atoms with Gasteiger partial charge in [0, 0.05) is 11.6 Å². The van der Waals surface area contributed by atoms with Crippen molar-refractivity contribution in [3.63, 3.8) is 0 Å². The van der Waals surface area contributed by atoms with E-state index in [0.717, 1.165) is 6.07 Å². The van der Waals surface area contributed by atoms with Crippen molar-refractivity contribution in [3.05, 3.63) is 59.7 Å². The Bertz CT molecular complexity index is 1350. The number of anilines is 3. The van der Waals surface area contributed by atoms with Crippen LogP contribution in [-0.4, -0.2) is 25.8 Å². The summed E-state index contributed by atoms with van der Waals surface area (Å²) >= 11 is 0. The molecule has 7 N–H and O–H groups in total. The largest absolute Gasteiger partial charge is 0.382 e. The summed E-state index contributed by atoms with van der Waals surface area (Å²) in [5, 5.41) is 8.92. The molecule has 0 spiro atoms. The fraction of sp³-hybridized carbons (Fsp3) is 0. The first kappa shape index (κ1) is 19.8. The van der Waals surface area contributed by atoms with E-state index < -0.39 is 17.5 Å². The number of hydrogen-bond donors (Lipinski definition) is 5. The van der Waals surface area contributed by atoms with Crippen LogP contribution in [0.5, 0.6) is 0 Å². The number of rotatable bonds is 4. The molecule has 4 aromatic rings. The second-order valence-electron chi connectivity index (χ2n) is 6.24. The number of amidine groups is 1. The SMILES string of the molecule is N=N/N=C(\Nc1cccc(F)c1F)c1nc(-c2cc3[nH]c(N)nc3cc2F)cnc1N. The third kappa shape index (κ3) is 3.71. The fourth-order valence-electron chi connectivity index (χ4n) is 2.86. The smallest absolute Gasteiger partial charge is 0.198 e. The molecule has 2 heterocycles. The van der Waals surface area contributed by atoms with Crippen molar-refractivity contribution in [2.45, 2.75) is 0 Å². The van der Waals surface area contributed by atoms with E-state index in [1.54, 1.807) is 0 Å². The van der Waals surface area contributed by atoms with Crippen molar-refractivity contribution in [2.24, 2.45) is 10.3 Å². The van der Waals surface area contributed by atoms with E-state index >= 15 is 0 Å². The van der Waals surface area contributed by atoms with Crippen LogP contribution < -0.4 is 16.8 Å². The third-order valence-corrected chi connectivity index (χ3v) is 4.24. The monoisotopic (exact) mass is 426 g/mol. The molecule has 0 unspecified atom stereocenters. The number of hydrogen-bond acceptors (Lipinski definition) is 7. The van der Waals surface area contributed by atoms with E-state index in [0.29, 0.717) is 11.0 Å². The van der Waals surface area contributed by atoms with Gasteiger partial charge in [-0.3, -0.25) is 0 Å². The molecule has 0 saturated heterocycles. The Morgan fingerprint density at radius 3 is 2.68 bits per heavy atom. The lowest BCUT2D eigenvalue weighted by Crippen LogP contribution is -2.19. The van der Waals surface area contributed by atoms with Crippen molar-refractivity contribution in [1.29, 1.82) is 5.53 Å². The number of imidazole rings is 1. The van der Waals surface area contributed by atoms with E-state index in [-0.39, 0.29) is 40.2 Å². The van der Waals surface area contributed by atoms with Crippen molar-refractivity contribution < 1.29 is 13.2 Å². The van der Waals surface area contributed by atoms with Gasteiger partial charge in [0.25, 0.3) is 0 Å². The van der Waals surface area contributed by atoms with Crippen LogP contribution in [0, 0.1) is 23.0 Å². The minimum Gasteiger partial charge on any atom is -0.382 e. The predicted molar refractivity (Wildman–Crippen MR) is 108 cm³/mol. The van der Waals surface area contributed by atoms with E-state index in [2.05, 4.69) is 35.6 Å². The maximum Gasteiger partial charge on any atom is 0.198 e. The number of benzene rings is 2. The molecular weight excluding hydrogens is 413 g/mol. The molecule has 0 amide bonds. The fourth-order valence-corrected chi connectivity index (χ4v) is 2.86. The highest BCUT2D eigenvalue weighted by atomic mass is 19.2. The van der Waals surface area contributed by atoms with Crippen LogP contribution in [0.25, 0.3) is 22.3 Å². The number of nitrogen functional groups attached to an aromatic ring is 2. The summed E-state index contributed by atoms with van der Waals surface area (Å²) in [5.41, 5.74) is 18.9. The van der Waals surface area contributed by atoms with Crippen LogP contribution in [0.3, 0.4) is 0 Å². The molecular formula is C18H13F3N10. The molecule has 0 bridgehead atoms. The van der Waals surface area contributed by atoms with E-state index in [1.807, 2.05) is 0 Å². The average molecular weight is 426 g/mol. The van der Waals surface area contributed by atoms with Gasteiger partial charge < -0.3 is 21.8 Å². The third-order valence-electron chi connectivity index (χ3n) is 4.24. The zero-order valence-electron chi connectivity index (χ0n) is 15.5. The normalized spacial score (nSPS) is 11.6. The molecule has 0 aliphatic carbocycles. The minimum atomic E-state index is -1.18. The van der Waals surface area contributed by atoms with Crippen molar-refractivity contribution in [1.82, 2.24) is 19.9 Å². The Morgan fingerprint density at radius 2 is 1.90 bits per heavy atom. The van der Waals surface area contributed by atoms with Crippen LogP contribution in [0.1, 0.15) is 5.69 Å². The topological polar surface area (TPSA) is 167 Å². The standard InChI is InChI=1S/C18H13F3N10/c19-8-2-1-3-10(14(8)21)27-17(30-31-24)15-16(22)25-6-13(26-15)7-4-11-12(5-9(7)20)29-18(23)28-11/h1-6H,(H2,22,25)(H3,23,28,29)(H2,24,27,30). The van der Waals surface area contributed by atoms with Crippen molar-refractivity contribution in [2.75, 3.05) is 16.8 Å². The van der Waals surface area contributed by atoms with Crippen LogP contribution >= 0.6 is 0 Å². The first-order chi connectivity index (χ1) is 14.9. The number of aromatic nitrogens is 4. The van der Waals surface area contributed by atoms with Gasteiger partial charge in [-0.05, 0) is 18.2 Å². The van der Waals surface area contributed by atoms with Crippen molar-refractivity contribution in [3.8, 4) is 11.3 Å². The minimum absolute atomic E-state index is 0.0454. The average Bonchev–Trinajstić information content (AvgIpc) is 3.09. The summed E-state index contributed by atoms with van der Waals surface area (Å²) < 4.78 is 42.3. The lowest BCUT2D eigenvalue weighted by molar-refractivity contribution is 0.512. The maximum atomic E-state index is 14.7. The van der Waals surface area contributed by atoms with E-state index in [9.17, 15) is 13.2 Å². The van der Waals surface area contributed by atoms with Gasteiger partial charge in [-0.1, -0.05) is 11.3 Å². The number of nitrogens with zero attached hydrogens (tertiary/aromatic N) is 5. The molecule has 156 valence electrons. The highest BCUT2D eigenvalue weighted by Gasteiger charge is 2.19. The van der Waals surface area contributed by atoms with Gasteiger partial charge in [-0.2, -0.15) is 5.53 Å². The first-order valence-electron chi connectivity index (χ1n) is 8.61. The molecule has 13 heteroatoms. The second-order valence-corrected chi connectivity index (χ2v) is 6.24. The molecule has 2 aromatic carbocycles. The first-order valence-corrected chi connectivity index (χ1v) is 8.61. The molecule has 0 fully saturated rings. The molecule has 4 rings (SSSR count). The lowest BCUT2D eigenvalue weighted by atomic mass is 10.1. The molecule has 2 aromatic heterocycles. The summed E-state index contributed by atoms with van der Waals surface area (Å²) in [6, 6.07) is 6.04. The van der Waals surface area contributed by atoms with Crippen LogP contribution in [0.2, 0.25) is 0 Å². The Balaban J connectivity index is 1.81. The second kappa shape index (κ2) is 7.70. The summed E-state index contributed by atoms with van der Waals surface area (Å²) in [5.74, 6) is -3.29. The van der Waals surface area contributed by atoms with Gasteiger partial charge in [0.15, 0.2) is 34.9 Å². The highest BCUT2D eigenvalue weighted by Crippen LogP contribution is 2.27. The van der Waals surface area contributed by atoms with E-state index in [1.165, 1.54) is 30.5 Å². The predicted octanol–water partition coefficient (Wildman–Crippen LogP) is 3.41. The van der Waals surface area contributed by atoms with Gasteiger partial charge in [-0.25, -0.2) is 28.1 Å². The Labute approximate surface area is 171 Å². The number of aromatic amines is 1. The summed E-state index contributed by atoms with van der Waals surface area (Å²) in [6.45, 7) is 0. The Morgan fingerprint density at radius 1 is 1.10 bits per heavy atom. The molecule has 0 radical (unpaired) electrons. The molecule has 0 aliphatic heterocycles. The highest BCUT2D eigenvalue weighted by molar-refractivity contribution is 6.09. The summed E-state index contributed by atoms with van der Waals surface area (Å²) in [4.78, 5) is 14.9.